The molecule has 2 aromatic heterocycles. The quantitative estimate of drug-likeness (QED) is 0.205. The molecule has 3 aromatic carbocycles. The van der Waals surface area contributed by atoms with Crippen molar-refractivity contribution >= 4 is 28.6 Å². The third-order valence-electron chi connectivity index (χ3n) is 6.49. The van der Waals surface area contributed by atoms with Crippen molar-refractivity contribution in [2.45, 2.75) is 12.0 Å². The van der Waals surface area contributed by atoms with Gasteiger partial charge in [-0.1, -0.05) is 60.7 Å². The molecule has 196 valence electrons. The van der Waals surface area contributed by atoms with E-state index in [0.717, 1.165) is 16.5 Å². The topological polar surface area (TPSA) is 116 Å². The number of hydrogen-bond acceptors (Lipinski definition) is 4. The molecule has 0 aliphatic carbocycles. The number of nitrogens with one attached hydrogen (secondary N) is 3. The number of fused-ring (bicyclic) bond motifs is 1. The van der Waals surface area contributed by atoms with Crippen LogP contribution in [0.1, 0.15) is 17.0 Å². The van der Waals surface area contributed by atoms with Crippen molar-refractivity contribution in [3.05, 3.63) is 114 Å². The summed E-state index contributed by atoms with van der Waals surface area (Å²) in [6.07, 6.45) is 1.90. The largest absolute Gasteiger partial charge is 0.479 e. The number of ether oxygens (including phenoxy) is 1. The Labute approximate surface area is 223 Å². The van der Waals surface area contributed by atoms with Crippen LogP contribution in [0.5, 0.6) is 5.88 Å². The predicted octanol–water partition coefficient (Wildman–Crippen LogP) is 5.78. The highest BCUT2D eigenvalue weighted by atomic mass is 19.1. The molecule has 0 radical (unpaired) electrons. The molecule has 5 aromatic rings. The minimum Gasteiger partial charge on any atom is -0.479 e. The molecule has 0 aliphatic heterocycles. The van der Waals surface area contributed by atoms with E-state index in [4.69, 9.17) is 4.74 Å². The second kappa shape index (κ2) is 11.1. The molecule has 1 atom stereocenters. The number of nitrogens with zero attached hydrogens (tertiary/aromatic N) is 1. The first-order valence-corrected chi connectivity index (χ1v) is 12.2. The van der Waals surface area contributed by atoms with Crippen LogP contribution in [0, 0.1) is 5.82 Å². The Morgan fingerprint density at radius 2 is 1.62 bits per heavy atom. The molecular formula is C30H25FN4O4. The van der Waals surface area contributed by atoms with Crippen LogP contribution in [0.3, 0.4) is 0 Å². The van der Waals surface area contributed by atoms with Crippen LogP contribution in [0.25, 0.3) is 22.0 Å². The van der Waals surface area contributed by atoms with Crippen LogP contribution in [0.15, 0.2) is 97.3 Å². The summed E-state index contributed by atoms with van der Waals surface area (Å²) in [5.74, 6) is -1.43. The zero-order chi connectivity index (χ0) is 27.4. The van der Waals surface area contributed by atoms with Gasteiger partial charge < -0.3 is 25.5 Å². The van der Waals surface area contributed by atoms with Gasteiger partial charge in [-0.05, 0) is 35.4 Å². The Morgan fingerprint density at radius 1 is 0.949 bits per heavy atom. The highest BCUT2D eigenvalue weighted by Gasteiger charge is 2.32. The van der Waals surface area contributed by atoms with Crippen molar-refractivity contribution in [1.29, 1.82) is 0 Å². The fraction of sp³-hybridized carbons (Fsp3) is 0.100. The molecule has 9 heteroatoms. The predicted molar refractivity (Wildman–Crippen MR) is 146 cm³/mol. The molecule has 8 nitrogen and oxygen atoms in total. The average molecular weight is 525 g/mol. The van der Waals surface area contributed by atoms with Gasteiger partial charge in [-0.15, -0.1) is 0 Å². The van der Waals surface area contributed by atoms with Crippen molar-refractivity contribution in [2.75, 3.05) is 12.4 Å². The lowest BCUT2D eigenvalue weighted by molar-refractivity contribution is -0.118. The van der Waals surface area contributed by atoms with Gasteiger partial charge in [0.25, 0.3) is 0 Å². The van der Waals surface area contributed by atoms with Gasteiger partial charge in [0, 0.05) is 40.5 Å². The lowest BCUT2D eigenvalue weighted by Crippen LogP contribution is -2.47. The number of amides is 2. The lowest BCUT2D eigenvalue weighted by Gasteiger charge is -2.27. The standard InChI is InChI=1S/C30H25FN4O4/c1-39-29-26-22(14-15-32-26)23(17-33-29)21-13-12-20(16-24(21)31)34-28(36)27(35-30(37)38)25(18-8-4-2-5-9-18)19-10-6-3-7-11-19/h2-17,25,27,32,35H,1H3,(H,34,36)(H,37,38)/t27-/m0/s1. The molecule has 0 unspecified atom stereocenters. The first-order valence-electron chi connectivity index (χ1n) is 12.2. The fourth-order valence-electron chi connectivity index (χ4n) is 4.76. The van der Waals surface area contributed by atoms with Crippen molar-refractivity contribution in [3.8, 4) is 17.0 Å². The summed E-state index contributed by atoms with van der Waals surface area (Å²) in [5.41, 5.74) is 3.18. The molecule has 0 saturated carbocycles. The summed E-state index contributed by atoms with van der Waals surface area (Å²) in [4.78, 5) is 32.6. The van der Waals surface area contributed by atoms with E-state index in [1.165, 1.54) is 19.4 Å². The van der Waals surface area contributed by atoms with Gasteiger partial charge in [0.05, 0.1) is 7.11 Å². The van der Waals surface area contributed by atoms with Gasteiger partial charge in [0.1, 0.15) is 17.4 Å². The van der Waals surface area contributed by atoms with Crippen LogP contribution in [-0.2, 0) is 4.79 Å². The number of anilines is 1. The Kier molecular flexibility index (Phi) is 7.22. The van der Waals surface area contributed by atoms with Crippen molar-refractivity contribution in [1.82, 2.24) is 15.3 Å². The number of carbonyl (C=O) groups is 2. The van der Waals surface area contributed by atoms with Crippen LogP contribution in [-0.4, -0.2) is 40.2 Å². The lowest BCUT2D eigenvalue weighted by atomic mass is 9.84. The van der Waals surface area contributed by atoms with Crippen molar-refractivity contribution in [2.24, 2.45) is 0 Å². The van der Waals surface area contributed by atoms with E-state index in [1.807, 2.05) is 60.7 Å². The number of H-pyrrole nitrogens is 1. The first kappa shape index (κ1) is 25.5. The SMILES string of the molecule is COc1ncc(-c2ccc(NC(=O)[C@@H](NC(=O)O)C(c3ccccc3)c3ccccc3)cc2F)c2cc[nH]c12. The van der Waals surface area contributed by atoms with Crippen LogP contribution in [0.2, 0.25) is 0 Å². The number of carboxylic acid groups (broad SMARTS) is 1. The smallest absolute Gasteiger partial charge is 0.405 e. The molecule has 0 fully saturated rings. The number of pyridine rings is 1. The number of aromatic nitrogens is 2. The van der Waals surface area contributed by atoms with Gasteiger partial charge >= 0.3 is 6.09 Å². The maximum atomic E-state index is 15.4. The van der Waals surface area contributed by atoms with Crippen molar-refractivity contribution < 1.29 is 23.8 Å². The Bertz CT molecular complexity index is 1580. The molecule has 2 heterocycles. The van der Waals surface area contributed by atoms with Gasteiger partial charge in [-0.2, -0.15) is 0 Å². The van der Waals surface area contributed by atoms with E-state index in [-0.39, 0.29) is 5.69 Å². The molecule has 5 rings (SSSR count). The zero-order valence-corrected chi connectivity index (χ0v) is 20.9. The van der Waals surface area contributed by atoms with Gasteiger partial charge in [-0.25, -0.2) is 14.2 Å². The summed E-state index contributed by atoms with van der Waals surface area (Å²) in [7, 11) is 1.51. The van der Waals surface area contributed by atoms with E-state index >= 15 is 4.39 Å². The Morgan fingerprint density at radius 3 is 2.21 bits per heavy atom. The van der Waals surface area contributed by atoms with E-state index in [9.17, 15) is 14.7 Å². The number of carbonyl (C=O) groups excluding carboxylic acids is 1. The number of hydrogen-bond donors (Lipinski definition) is 4. The summed E-state index contributed by atoms with van der Waals surface area (Å²) < 4.78 is 20.6. The number of halogens is 1. The van der Waals surface area contributed by atoms with Crippen molar-refractivity contribution in [3.63, 3.8) is 0 Å². The molecule has 2 amide bonds. The normalized spacial score (nSPS) is 11.8. The fourth-order valence-corrected chi connectivity index (χ4v) is 4.76. The molecule has 0 saturated heterocycles. The zero-order valence-electron chi connectivity index (χ0n) is 20.9. The first-order chi connectivity index (χ1) is 19.0. The summed E-state index contributed by atoms with van der Waals surface area (Å²) in [6.45, 7) is 0. The Balaban J connectivity index is 1.47. The van der Waals surface area contributed by atoms with Crippen LogP contribution >= 0.6 is 0 Å². The van der Waals surface area contributed by atoms with E-state index < -0.39 is 29.8 Å². The second-order valence-corrected chi connectivity index (χ2v) is 8.86. The molecule has 0 bridgehead atoms. The van der Waals surface area contributed by atoms with Crippen LogP contribution in [0.4, 0.5) is 14.9 Å². The molecular weight excluding hydrogens is 499 g/mol. The van der Waals surface area contributed by atoms with E-state index in [0.29, 0.717) is 22.5 Å². The number of aromatic amines is 1. The Hall–Kier alpha value is -5.18. The highest BCUT2D eigenvalue weighted by molar-refractivity contribution is 5.99. The molecule has 39 heavy (non-hydrogen) atoms. The minimum absolute atomic E-state index is 0.185. The van der Waals surface area contributed by atoms with E-state index in [1.54, 1.807) is 24.4 Å². The second-order valence-electron chi connectivity index (χ2n) is 8.86. The molecule has 4 N–H and O–H groups in total. The maximum absolute atomic E-state index is 15.4. The van der Waals surface area contributed by atoms with Crippen LogP contribution < -0.4 is 15.4 Å². The monoisotopic (exact) mass is 524 g/mol. The molecule has 0 aliphatic rings. The molecule has 0 spiro atoms. The summed E-state index contributed by atoms with van der Waals surface area (Å²) >= 11 is 0. The number of methoxy groups -OCH3 is 1. The van der Waals surface area contributed by atoms with Gasteiger partial charge in [-0.3, -0.25) is 4.79 Å². The summed E-state index contributed by atoms with van der Waals surface area (Å²) in [6, 6.07) is 23.2. The summed E-state index contributed by atoms with van der Waals surface area (Å²) in [5, 5.41) is 15.4. The maximum Gasteiger partial charge on any atom is 0.405 e. The van der Waals surface area contributed by atoms with Gasteiger partial charge in [0.2, 0.25) is 11.8 Å². The highest BCUT2D eigenvalue weighted by Crippen LogP contribution is 2.34. The number of rotatable bonds is 8. The van der Waals surface area contributed by atoms with E-state index in [2.05, 4.69) is 20.6 Å². The third-order valence-corrected chi connectivity index (χ3v) is 6.49. The third kappa shape index (κ3) is 5.28. The van der Waals surface area contributed by atoms with Gasteiger partial charge in [0.15, 0.2) is 0 Å². The number of benzene rings is 3. The minimum atomic E-state index is -1.35. The average Bonchev–Trinajstić information content (AvgIpc) is 3.44.